The zero-order valence-corrected chi connectivity index (χ0v) is 15.9. The van der Waals surface area contributed by atoms with E-state index in [2.05, 4.69) is 14.9 Å². The predicted molar refractivity (Wildman–Crippen MR) is 97.8 cm³/mol. The van der Waals surface area contributed by atoms with Gasteiger partial charge in [-0.25, -0.2) is 13.1 Å². The molecular weight excluding hydrogens is 362 g/mol. The van der Waals surface area contributed by atoms with Crippen molar-refractivity contribution in [3.05, 3.63) is 34.9 Å². The van der Waals surface area contributed by atoms with Crippen molar-refractivity contribution in [1.82, 2.24) is 14.9 Å². The van der Waals surface area contributed by atoms with Crippen molar-refractivity contribution < 1.29 is 13.2 Å². The average molecular weight is 386 g/mol. The highest BCUT2D eigenvalue weighted by Gasteiger charge is 2.42. The molecule has 2 aliphatic rings. The number of carbonyl (C=O) groups is 1. The molecule has 1 heterocycles. The average Bonchev–Trinajstić information content (AvgIpc) is 2.90. The topological polar surface area (TPSA) is 78.5 Å². The molecule has 1 aliphatic heterocycles. The van der Waals surface area contributed by atoms with Gasteiger partial charge in [0.15, 0.2) is 0 Å². The molecule has 6 nitrogen and oxygen atoms in total. The molecule has 2 N–H and O–H groups in total. The first-order valence-electron chi connectivity index (χ1n) is 8.51. The van der Waals surface area contributed by atoms with Crippen LogP contribution >= 0.6 is 11.6 Å². The van der Waals surface area contributed by atoms with E-state index in [4.69, 9.17) is 11.6 Å². The Labute approximate surface area is 154 Å². The Balaban J connectivity index is 1.82. The molecule has 0 radical (unpaired) electrons. The summed E-state index contributed by atoms with van der Waals surface area (Å²) in [5, 5.41) is 3.80. The van der Waals surface area contributed by atoms with E-state index in [0.29, 0.717) is 18.1 Å². The molecule has 1 aliphatic carbocycles. The lowest BCUT2D eigenvalue weighted by Crippen LogP contribution is -2.54. The van der Waals surface area contributed by atoms with E-state index >= 15 is 0 Å². The fourth-order valence-electron chi connectivity index (χ4n) is 3.87. The Kier molecular flexibility index (Phi) is 5.39. The van der Waals surface area contributed by atoms with Gasteiger partial charge in [-0.2, -0.15) is 0 Å². The summed E-state index contributed by atoms with van der Waals surface area (Å²) in [6.07, 6.45) is 5.11. The van der Waals surface area contributed by atoms with Crippen molar-refractivity contribution in [3.63, 3.8) is 0 Å². The van der Waals surface area contributed by atoms with Crippen LogP contribution < -0.4 is 10.0 Å². The highest BCUT2D eigenvalue weighted by atomic mass is 35.5. The van der Waals surface area contributed by atoms with Gasteiger partial charge in [-0.05, 0) is 30.5 Å². The fraction of sp³-hybridized carbons (Fsp3) is 0.588. The SMILES string of the molecule is CS(=O)(=O)NC1CN(Cc2ccc(Cl)cc2)CC2(CCCC2)NC1=O. The normalized spacial score (nSPS) is 24.2. The lowest BCUT2D eigenvalue weighted by atomic mass is 9.97. The van der Waals surface area contributed by atoms with Crippen LogP contribution in [0.5, 0.6) is 0 Å². The zero-order chi connectivity index (χ0) is 18.1. The molecule has 1 saturated heterocycles. The largest absolute Gasteiger partial charge is 0.348 e. The number of halogens is 1. The number of nitrogens with zero attached hydrogens (tertiary/aromatic N) is 1. The van der Waals surface area contributed by atoms with Gasteiger partial charge >= 0.3 is 0 Å². The second-order valence-corrected chi connectivity index (χ2v) is 9.43. The molecule has 2 fully saturated rings. The van der Waals surface area contributed by atoms with Crippen LogP contribution in [0.2, 0.25) is 5.02 Å². The third-order valence-corrected chi connectivity index (χ3v) is 5.87. The molecular formula is C17H24ClN3O3S. The van der Waals surface area contributed by atoms with Crippen molar-refractivity contribution >= 4 is 27.5 Å². The molecule has 1 saturated carbocycles. The molecule has 1 amide bonds. The summed E-state index contributed by atoms with van der Waals surface area (Å²) in [7, 11) is -3.46. The number of nitrogens with one attached hydrogen (secondary N) is 2. The van der Waals surface area contributed by atoms with E-state index in [0.717, 1.165) is 44.0 Å². The van der Waals surface area contributed by atoms with Gasteiger partial charge in [-0.15, -0.1) is 0 Å². The summed E-state index contributed by atoms with van der Waals surface area (Å²) >= 11 is 5.95. The quantitative estimate of drug-likeness (QED) is 0.823. The monoisotopic (exact) mass is 385 g/mol. The number of hydrogen-bond acceptors (Lipinski definition) is 4. The van der Waals surface area contributed by atoms with Gasteiger partial charge < -0.3 is 5.32 Å². The molecule has 1 spiro atoms. The van der Waals surface area contributed by atoms with Crippen LogP contribution in [0.4, 0.5) is 0 Å². The maximum atomic E-state index is 12.6. The Morgan fingerprint density at radius 1 is 1.28 bits per heavy atom. The van der Waals surface area contributed by atoms with Crippen LogP contribution in [-0.4, -0.2) is 50.2 Å². The van der Waals surface area contributed by atoms with Crippen LogP contribution in [0.15, 0.2) is 24.3 Å². The molecule has 0 bridgehead atoms. The molecule has 3 rings (SSSR count). The molecule has 1 aromatic rings. The van der Waals surface area contributed by atoms with Crippen LogP contribution in [-0.2, 0) is 21.4 Å². The number of amides is 1. The molecule has 8 heteroatoms. The van der Waals surface area contributed by atoms with Crippen molar-refractivity contribution in [2.45, 2.75) is 43.8 Å². The van der Waals surface area contributed by atoms with Crippen molar-refractivity contribution in [2.75, 3.05) is 19.3 Å². The summed E-state index contributed by atoms with van der Waals surface area (Å²) in [4.78, 5) is 14.8. The van der Waals surface area contributed by atoms with Crippen molar-refractivity contribution in [3.8, 4) is 0 Å². The Bertz CT molecular complexity index is 730. The number of hydrogen-bond donors (Lipinski definition) is 2. The van der Waals surface area contributed by atoms with E-state index in [1.165, 1.54) is 0 Å². The highest BCUT2D eigenvalue weighted by Crippen LogP contribution is 2.32. The molecule has 1 aromatic carbocycles. The number of benzene rings is 1. The number of rotatable bonds is 4. The van der Waals surface area contributed by atoms with E-state index in [-0.39, 0.29) is 11.4 Å². The molecule has 25 heavy (non-hydrogen) atoms. The molecule has 138 valence electrons. The van der Waals surface area contributed by atoms with E-state index in [9.17, 15) is 13.2 Å². The fourth-order valence-corrected chi connectivity index (χ4v) is 4.70. The summed E-state index contributed by atoms with van der Waals surface area (Å²) in [5.74, 6) is -0.231. The maximum Gasteiger partial charge on any atom is 0.239 e. The van der Waals surface area contributed by atoms with Crippen LogP contribution in [0.3, 0.4) is 0 Å². The maximum absolute atomic E-state index is 12.6. The standard InChI is InChI=1S/C17H24ClN3O3S/c1-25(23,24)20-15-11-21(10-13-4-6-14(18)7-5-13)12-17(19-16(15)22)8-2-3-9-17/h4-7,15,20H,2-3,8-12H2,1H3,(H,19,22). The third kappa shape index (κ3) is 4.94. The minimum absolute atomic E-state index is 0.231. The summed E-state index contributed by atoms with van der Waals surface area (Å²) in [6, 6.07) is 6.83. The van der Waals surface area contributed by atoms with Crippen LogP contribution in [0, 0.1) is 0 Å². The second kappa shape index (κ2) is 7.23. The van der Waals surface area contributed by atoms with Crippen LogP contribution in [0.1, 0.15) is 31.2 Å². The first-order valence-corrected chi connectivity index (χ1v) is 10.8. The summed E-state index contributed by atoms with van der Waals surface area (Å²) in [5.41, 5.74) is 0.835. The molecule has 0 aromatic heterocycles. The number of carbonyl (C=O) groups excluding carboxylic acids is 1. The highest BCUT2D eigenvalue weighted by molar-refractivity contribution is 7.88. The van der Waals surface area contributed by atoms with Gasteiger partial charge in [0, 0.05) is 24.7 Å². The first kappa shape index (κ1) is 18.6. The number of sulfonamides is 1. The van der Waals surface area contributed by atoms with Gasteiger partial charge in [0.05, 0.1) is 11.8 Å². The molecule has 1 unspecified atom stereocenters. The van der Waals surface area contributed by atoms with E-state index in [1.54, 1.807) is 0 Å². The third-order valence-electron chi connectivity index (χ3n) is 4.91. The summed E-state index contributed by atoms with van der Waals surface area (Å²) in [6.45, 7) is 1.72. The first-order chi connectivity index (χ1) is 11.7. The Morgan fingerprint density at radius 3 is 2.52 bits per heavy atom. The lowest BCUT2D eigenvalue weighted by Gasteiger charge is -2.33. The van der Waals surface area contributed by atoms with Gasteiger partial charge in [-0.1, -0.05) is 36.6 Å². The minimum Gasteiger partial charge on any atom is -0.348 e. The van der Waals surface area contributed by atoms with Gasteiger partial charge in [-0.3, -0.25) is 9.69 Å². The minimum atomic E-state index is -3.46. The van der Waals surface area contributed by atoms with E-state index in [1.807, 2.05) is 24.3 Å². The van der Waals surface area contributed by atoms with Gasteiger partial charge in [0.2, 0.25) is 15.9 Å². The van der Waals surface area contributed by atoms with E-state index < -0.39 is 16.1 Å². The molecule has 1 atom stereocenters. The second-order valence-electron chi connectivity index (χ2n) is 7.22. The van der Waals surface area contributed by atoms with Gasteiger partial charge in [0.25, 0.3) is 0 Å². The Hall–Kier alpha value is -1.15. The lowest BCUT2D eigenvalue weighted by molar-refractivity contribution is -0.123. The van der Waals surface area contributed by atoms with Crippen molar-refractivity contribution in [2.24, 2.45) is 0 Å². The van der Waals surface area contributed by atoms with Crippen LogP contribution in [0.25, 0.3) is 0 Å². The predicted octanol–water partition coefficient (Wildman–Crippen LogP) is 1.50. The zero-order valence-electron chi connectivity index (χ0n) is 14.3. The smallest absolute Gasteiger partial charge is 0.239 e. The van der Waals surface area contributed by atoms with Crippen molar-refractivity contribution in [1.29, 1.82) is 0 Å². The van der Waals surface area contributed by atoms with Gasteiger partial charge in [0.1, 0.15) is 6.04 Å². The Morgan fingerprint density at radius 2 is 1.92 bits per heavy atom. The summed E-state index contributed by atoms with van der Waals surface area (Å²) < 4.78 is 25.8.